The molecule has 36 heavy (non-hydrogen) atoms. The molecule has 0 radical (unpaired) electrons. The summed E-state index contributed by atoms with van der Waals surface area (Å²) in [6.45, 7) is 0. The van der Waals surface area contributed by atoms with Crippen molar-refractivity contribution in [3.05, 3.63) is 18.2 Å². The van der Waals surface area contributed by atoms with Crippen molar-refractivity contribution >= 4 is 41.5 Å². The number of rotatable bonds is 16. The number of carbonyl (C=O) groups excluding carboxylic acids is 4. The molecule has 1 aromatic heterocycles. The number of amides is 4. The fourth-order valence-corrected chi connectivity index (χ4v) is 2.84. The van der Waals surface area contributed by atoms with Gasteiger partial charge >= 0.3 is 17.9 Å². The molecule has 17 nitrogen and oxygen atoms in total. The first-order valence-corrected chi connectivity index (χ1v) is 10.4. The van der Waals surface area contributed by atoms with Gasteiger partial charge in [0.2, 0.25) is 23.6 Å². The van der Waals surface area contributed by atoms with Crippen LogP contribution in [0.4, 0.5) is 0 Å². The average molecular weight is 513 g/mol. The Balaban J connectivity index is 3.06. The number of nitrogens with two attached hydrogens (primary N) is 2. The summed E-state index contributed by atoms with van der Waals surface area (Å²) in [6.07, 6.45) is 0.0143. The second-order valence-electron chi connectivity index (χ2n) is 7.61. The van der Waals surface area contributed by atoms with Gasteiger partial charge in [-0.05, 0) is 6.42 Å². The summed E-state index contributed by atoms with van der Waals surface area (Å²) in [6, 6.07) is -6.35. The number of hydrogen-bond acceptors (Lipinski definition) is 9. The first-order chi connectivity index (χ1) is 16.8. The number of nitrogens with one attached hydrogen (secondary N) is 4. The maximum atomic E-state index is 12.8. The number of carboxylic acid groups (broad SMARTS) is 3. The molecule has 1 heterocycles. The van der Waals surface area contributed by atoms with E-state index in [0.717, 1.165) is 0 Å². The first kappa shape index (κ1) is 29.5. The van der Waals surface area contributed by atoms with Gasteiger partial charge in [0.25, 0.3) is 0 Å². The highest BCUT2D eigenvalue weighted by Gasteiger charge is 2.32. The largest absolute Gasteiger partial charge is 0.481 e. The number of aromatic amines is 1. The van der Waals surface area contributed by atoms with E-state index in [2.05, 4.69) is 20.6 Å². The molecule has 0 aromatic carbocycles. The Morgan fingerprint density at radius 1 is 0.861 bits per heavy atom. The van der Waals surface area contributed by atoms with Crippen molar-refractivity contribution in [1.82, 2.24) is 25.9 Å². The summed E-state index contributed by atoms with van der Waals surface area (Å²) in [5, 5.41) is 33.5. The molecule has 0 saturated carbocycles. The second-order valence-corrected chi connectivity index (χ2v) is 7.61. The highest BCUT2D eigenvalue weighted by Crippen LogP contribution is 2.04. The lowest BCUT2D eigenvalue weighted by Gasteiger charge is -2.24. The zero-order valence-electron chi connectivity index (χ0n) is 18.8. The Morgan fingerprint density at radius 3 is 1.89 bits per heavy atom. The predicted molar refractivity (Wildman–Crippen MR) is 117 cm³/mol. The Morgan fingerprint density at radius 2 is 1.39 bits per heavy atom. The van der Waals surface area contributed by atoms with Crippen LogP contribution in [0.2, 0.25) is 0 Å². The van der Waals surface area contributed by atoms with Crippen LogP contribution in [0.15, 0.2) is 12.5 Å². The molecule has 0 aliphatic heterocycles. The molecular formula is C19H27N7O10. The van der Waals surface area contributed by atoms with E-state index in [9.17, 15) is 38.7 Å². The highest BCUT2D eigenvalue weighted by molar-refractivity contribution is 5.96. The van der Waals surface area contributed by atoms with Gasteiger partial charge in [0.05, 0.1) is 25.2 Å². The zero-order chi connectivity index (χ0) is 27.4. The molecule has 0 aliphatic carbocycles. The lowest BCUT2D eigenvalue weighted by Crippen LogP contribution is -2.58. The van der Waals surface area contributed by atoms with Crippen molar-refractivity contribution in [2.75, 3.05) is 0 Å². The van der Waals surface area contributed by atoms with Gasteiger partial charge < -0.3 is 47.7 Å². The molecule has 1 rings (SSSR count). The minimum atomic E-state index is -1.83. The summed E-state index contributed by atoms with van der Waals surface area (Å²) in [4.78, 5) is 88.6. The number of primary amides is 1. The quantitative estimate of drug-likeness (QED) is 0.102. The maximum Gasteiger partial charge on any atom is 0.326 e. The Bertz CT molecular complexity index is 981. The van der Waals surface area contributed by atoms with E-state index in [0.29, 0.717) is 5.69 Å². The second kappa shape index (κ2) is 14.0. The number of carboxylic acids is 3. The fourth-order valence-electron chi connectivity index (χ4n) is 2.84. The molecule has 4 atom stereocenters. The van der Waals surface area contributed by atoms with E-state index in [1.807, 2.05) is 5.32 Å². The van der Waals surface area contributed by atoms with Crippen LogP contribution in [0.1, 0.15) is 31.4 Å². The number of aliphatic carboxylic acids is 3. The van der Waals surface area contributed by atoms with Crippen molar-refractivity contribution in [2.45, 2.75) is 56.3 Å². The number of imidazole rings is 1. The van der Waals surface area contributed by atoms with E-state index < -0.39 is 78.5 Å². The Labute approximate surface area is 203 Å². The third kappa shape index (κ3) is 10.6. The van der Waals surface area contributed by atoms with Crippen molar-refractivity contribution in [3.8, 4) is 0 Å². The maximum absolute atomic E-state index is 12.8. The predicted octanol–water partition coefficient (Wildman–Crippen LogP) is -3.97. The molecule has 0 bridgehead atoms. The van der Waals surface area contributed by atoms with Crippen LogP contribution in [0.5, 0.6) is 0 Å². The van der Waals surface area contributed by atoms with Crippen LogP contribution in [0.3, 0.4) is 0 Å². The summed E-state index contributed by atoms with van der Waals surface area (Å²) in [5.74, 6) is -8.54. The van der Waals surface area contributed by atoms with Crippen LogP contribution in [0, 0.1) is 0 Å². The number of nitrogens with zero attached hydrogens (tertiary/aromatic N) is 1. The van der Waals surface area contributed by atoms with Crippen LogP contribution < -0.4 is 27.4 Å². The Hall–Kier alpha value is -4.54. The monoisotopic (exact) mass is 513 g/mol. The minimum absolute atomic E-state index is 0.173. The molecule has 4 unspecified atom stereocenters. The highest BCUT2D eigenvalue weighted by atomic mass is 16.4. The normalized spacial score (nSPS) is 13.9. The SMILES string of the molecule is NC(=O)CCC(N)C(=O)NC(CC(=O)O)C(=O)NC(Cc1cnc[nH]1)C(=O)NC(CC(=O)O)C(=O)O. The first-order valence-electron chi connectivity index (χ1n) is 10.4. The molecule has 1 aromatic rings. The summed E-state index contributed by atoms with van der Waals surface area (Å²) >= 11 is 0. The van der Waals surface area contributed by atoms with Gasteiger partial charge in [0.15, 0.2) is 0 Å². The van der Waals surface area contributed by atoms with Crippen molar-refractivity contribution in [1.29, 1.82) is 0 Å². The fraction of sp³-hybridized carbons (Fsp3) is 0.474. The van der Waals surface area contributed by atoms with Gasteiger partial charge in [0.1, 0.15) is 18.1 Å². The molecule has 17 heteroatoms. The van der Waals surface area contributed by atoms with Gasteiger partial charge in [-0.3, -0.25) is 28.8 Å². The van der Waals surface area contributed by atoms with Crippen molar-refractivity contribution < 1.29 is 48.9 Å². The summed E-state index contributed by atoms with van der Waals surface area (Å²) in [7, 11) is 0. The third-order valence-electron chi connectivity index (χ3n) is 4.66. The van der Waals surface area contributed by atoms with Crippen LogP contribution in [-0.4, -0.2) is 91.0 Å². The minimum Gasteiger partial charge on any atom is -0.481 e. The number of aromatic nitrogens is 2. The molecule has 198 valence electrons. The smallest absolute Gasteiger partial charge is 0.326 e. The molecule has 0 spiro atoms. The topological polar surface area (TPSA) is 297 Å². The van der Waals surface area contributed by atoms with Gasteiger partial charge in [-0.1, -0.05) is 0 Å². The number of hydrogen-bond donors (Lipinski definition) is 9. The zero-order valence-corrected chi connectivity index (χ0v) is 18.8. The van der Waals surface area contributed by atoms with Gasteiger partial charge in [-0.25, -0.2) is 9.78 Å². The molecule has 4 amide bonds. The average Bonchev–Trinajstić information content (AvgIpc) is 3.28. The van der Waals surface area contributed by atoms with Gasteiger partial charge in [0, 0.05) is 24.7 Å². The third-order valence-corrected chi connectivity index (χ3v) is 4.66. The summed E-state index contributed by atoms with van der Waals surface area (Å²) < 4.78 is 0. The molecule has 11 N–H and O–H groups in total. The molecule has 0 saturated heterocycles. The lowest BCUT2D eigenvalue weighted by molar-refractivity contribution is -0.147. The van der Waals surface area contributed by atoms with Crippen molar-refractivity contribution in [2.24, 2.45) is 11.5 Å². The van der Waals surface area contributed by atoms with E-state index in [1.165, 1.54) is 12.5 Å². The van der Waals surface area contributed by atoms with E-state index >= 15 is 0 Å². The molecular weight excluding hydrogens is 486 g/mol. The standard InChI is InChI=1S/C19H27N7O10/c20-9(1-2-13(21)27)16(32)24-11(4-14(28)29)18(34)25-10(3-8-6-22-7-23-8)17(33)26-12(19(35)36)5-15(30)31/h6-7,9-12H,1-5,20H2,(H2,21,27)(H,22,23)(H,24,32)(H,25,34)(H,26,33)(H,28,29)(H,30,31)(H,35,36). The number of H-pyrrole nitrogens is 1. The van der Waals surface area contributed by atoms with Crippen molar-refractivity contribution in [3.63, 3.8) is 0 Å². The molecule has 0 fully saturated rings. The van der Waals surface area contributed by atoms with Crippen LogP contribution >= 0.6 is 0 Å². The van der Waals surface area contributed by atoms with Gasteiger partial charge in [-0.15, -0.1) is 0 Å². The van der Waals surface area contributed by atoms with Gasteiger partial charge in [-0.2, -0.15) is 0 Å². The van der Waals surface area contributed by atoms with E-state index in [4.69, 9.17) is 21.7 Å². The van der Waals surface area contributed by atoms with E-state index in [1.54, 1.807) is 0 Å². The van der Waals surface area contributed by atoms with Crippen LogP contribution in [-0.2, 0) is 40.0 Å². The van der Waals surface area contributed by atoms with Crippen LogP contribution in [0.25, 0.3) is 0 Å². The van der Waals surface area contributed by atoms with E-state index in [-0.39, 0.29) is 19.3 Å². The summed E-state index contributed by atoms with van der Waals surface area (Å²) in [5.41, 5.74) is 10.9. The number of carbonyl (C=O) groups is 7. The molecule has 0 aliphatic rings. The Kier molecular flexibility index (Phi) is 11.5. The lowest BCUT2D eigenvalue weighted by atomic mass is 10.1.